The van der Waals surface area contributed by atoms with Gasteiger partial charge in [0.1, 0.15) is 0 Å². The molecule has 0 radical (unpaired) electrons. The Morgan fingerprint density at radius 1 is 1.43 bits per heavy atom. The molecule has 5 heteroatoms. The molecule has 0 fully saturated rings. The zero-order chi connectivity index (χ0) is 15.3. The van der Waals surface area contributed by atoms with Gasteiger partial charge in [0.15, 0.2) is 0 Å². The average Bonchev–Trinajstić information content (AvgIpc) is 2.85. The maximum absolute atomic E-state index is 11.1. The van der Waals surface area contributed by atoms with E-state index in [-0.39, 0.29) is 0 Å². The topological polar surface area (TPSA) is 49.4 Å². The summed E-state index contributed by atoms with van der Waals surface area (Å²) >= 11 is 0. The minimum Gasteiger partial charge on any atom is -0.285 e. The van der Waals surface area contributed by atoms with Crippen LogP contribution in [0.1, 0.15) is 30.0 Å². The van der Waals surface area contributed by atoms with Crippen molar-refractivity contribution in [3.8, 4) is 12.3 Å². The number of hydrogen-bond donors (Lipinski definition) is 1. The largest absolute Gasteiger partial charge is 0.285 e. The van der Waals surface area contributed by atoms with Crippen molar-refractivity contribution in [2.45, 2.75) is 25.3 Å². The zero-order valence-electron chi connectivity index (χ0n) is 12.4. The second kappa shape index (κ2) is 7.08. The van der Waals surface area contributed by atoms with Crippen molar-refractivity contribution in [1.29, 1.82) is 0 Å². The maximum Gasteiger partial charge on any atom is 0.208 e. The van der Waals surface area contributed by atoms with Crippen LogP contribution in [-0.4, -0.2) is 39.2 Å². The fraction of sp³-hybridized carbons (Fsp3) is 0.500. The third kappa shape index (κ3) is 4.57. The smallest absolute Gasteiger partial charge is 0.208 e. The summed E-state index contributed by atoms with van der Waals surface area (Å²) < 4.78 is 24.7. The Balaban J connectivity index is 1.96. The van der Waals surface area contributed by atoms with Crippen LogP contribution in [0.5, 0.6) is 0 Å². The molecular weight excluding hydrogens is 284 g/mol. The van der Waals surface area contributed by atoms with Crippen LogP contribution >= 0.6 is 0 Å². The molecule has 1 aromatic carbocycles. The molecule has 0 heterocycles. The highest BCUT2D eigenvalue weighted by atomic mass is 32.2. The van der Waals surface area contributed by atoms with Crippen molar-refractivity contribution in [2.24, 2.45) is 0 Å². The summed E-state index contributed by atoms with van der Waals surface area (Å²) in [5, 5.41) is 0. The predicted octanol–water partition coefficient (Wildman–Crippen LogP) is 1.55. The van der Waals surface area contributed by atoms with Gasteiger partial charge in [0.05, 0.1) is 12.8 Å². The zero-order valence-corrected chi connectivity index (χ0v) is 13.2. The van der Waals surface area contributed by atoms with E-state index in [1.165, 1.54) is 17.4 Å². The van der Waals surface area contributed by atoms with Gasteiger partial charge < -0.3 is 0 Å². The number of sulfonamides is 1. The van der Waals surface area contributed by atoms with E-state index in [2.05, 4.69) is 39.8 Å². The summed E-state index contributed by atoms with van der Waals surface area (Å²) in [6, 6.07) is 8.84. The molecule has 0 aromatic heterocycles. The molecule has 0 unspecified atom stereocenters. The molecule has 0 saturated carbocycles. The summed E-state index contributed by atoms with van der Waals surface area (Å²) in [7, 11) is -3.11. The monoisotopic (exact) mass is 306 g/mol. The first-order valence-corrected chi connectivity index (χ1v) is 9.10. The summed E-state index contributed by atoms with van der Waals surface area (Å²) in [5.41, 5.74) is 2.77. The van der Waals surface area contributed by atoms with Gasteiger partial charge in [0.25, 0.3) is 0 Å². The molecule has 2 rings (SSSR count). The fourth-order valence-corrected chi connectivity index (χ4v) is 3.43. The lowest BCUT2D eigenvalue weighted by Gasteiger charge is -2.27. The van der Waals surface area contributed by atoms with Crippen LogP contribution in [0.2, 0.25) is 0 Å². The summed E-state index contributed by atoms with van der Waals surface area (Å²) in [5.74, 6) is 2.72. The molecule has 0 spiro atoms. The molecule has 0 aliphatic heterocycles. The van der Waals surface area contributed by atoms with Crippen molar-refractivity contribution in [2.75, 3.05) is 25.9 Å². The normalized spacial score (nSPS) is 17.7. The fourth-order valence-electron chi connectivity index (χ4n) is 2.92. The first-order valence-electron chi connectivity index (χ1n) is 7.21. The van der Waals surface area contributed by atoms with Gasteiger partial charge >= 0.3 is 0 Å². The molecule has 1 N–H and O–H groups in total. The van der Waals surface area contributed by atoms with Gasteiger partial charge in [-0.15, -0.1) is 6.42 Å². The van der Waals surface area contributed by atoms with E-state index >= 15 is 0 Å². The van der Waals surface area contributed by atoms with Gasteiger partial charge in [-0.3, -0.25) is 4.90 Å². The summed E-state index contributed by atoms with van der Waals surface area (Å²) in [6.45, 7) is 1.85. The Kier molecular flexibility index (Phi) is 5.40. The van der Waals surface area contributed by atoms with Crippen LogP contribution in [0.25, 0.3) is 0 Å². The van der Waals surface area contributed by atoms with Crippen LogP contribution in [0, 0.1) is 12.3 Å². The van der Waals surface area contributed by atoms with Gasteiger partial charge in [-0.1, -0.05) is 30.2 Å². The lowest BCUT2D eigenvalue weighted by Crippen LogP contribution is -2.32. The number of benzene rings is 1. The number of terminal acetylenes is 1. The average molecular weight is 306 g/mol. The van der Waals surface area contributed by atoms with E-state index in [9.17, 15) is 8.42 Å². The molecule has 1 aliphatic rings. The van der Waals surface area contributed by atoms with Crippen molar-refractivity contribution < 1.29 is 8.42 Å². The predicted molar refractivity (Wildman–Crippen MR) is 85.4 cm³/mol. The van der Waals surface area contributed by atoms with E-state index in [0.29, 0.717) is 19.1 Å². The van der Waals surface area contributed by atoms with Crippen molar-refractivity contribution in [3.05, 3.63) is 35.4 Å². The van der Waals surface area contributed by atoms with Crippen molar-refractivity contribution in [1.82, 2.24) is 9.62 Å². The second-order valence-electron chi connectivity index (χ2n) is 5.45. The molecule has 1 atom stereocenters. The van der Waals surface area contributed by atoms with Crippen molar-refractivity contribution >= 4 is 10.0 Å². The molecule has 0 bridgehead atoms. The Morgan fingerprint density at radius 3 is 2.90 bits per heavy atom. The van der Waals surface area contributed by atoms with Gasteiger partial charge in [-0.2, -0.15) is 0 Å². The molecular formula is C16H22N2O2S. The van der Waals surface area contributed by atoms with Crippen LogP contribution in [0.4, 0.5) is 0 Å². The number of nitrogens with one attached hydrogen (secondary N) is 1. The van der Waals surface area contributed by atoms with Gasteiger partial charge in [-0.05, 0) is 30.4 Å². The maximum atomic E-state index is 11.1. The Hall–Kier alpha value is -1.35. The highest BCUT2D eigenvalue weighted by Gasteiger charge is 2.26. The minimum atomic E-state index is -3.11. The highest BCUT2D eigenvalue weighted by Crippen LogP contribution is 2.35. The van der Waals surface area contributed by atoms with Gasteiger partial charge in [-0.25, -0.2) is 13.1 Å². The summed E-state index contributed by atoms with van der Waals surface area (Å²) in [4.78, 5) is 2.27. The van der Waals surface area contributed by atoms with Gasteiger partial charge in [0, 0.05) is 19.1 Å². The minimum absolute atomic E-state index is 0.357. The number of aryl methyl sites for hydroxylation is 1. The number of rotatable bonds is 7. The Labute approximate surface area is 127 Å². The van der Waals surface area contributed by atoms with E-state index < -0.39 is 10.0 Å². The first kappa shape index (κ1) is 16.0. The Bertz CT molecular complexity index is 619. The van der Waals surface area contributed by atoms with Crippen LogP contribution in [0.3, 0.4) is 0 Å². The molecule has 21 heavy (non-hydrogen) atoms. The third-order valence-electron chi connectivity index (χ3n) is 3.82. The Morgan fingerprint density at radius 2 is 2.19 bits per heavy atom. The molecule has 4 nitrogen and oxygen atoms in total. The second-order valence-corrected chi connectivity index (χ2v) is 7.28. The standard InChI is InChI=1S/C16H22N2O2S/c1-3-12-18(13-6-11-17-21(2,19)20)16-10-9-14-7-4-5-8-15(14)16/h1,4-5,7-8,16-17H,6,9-13H2,2H3/t16-/m1/s1. The van der Waals surface area contributed by atoms with E-state index in [1.807, 2.05) is 0 Å². The van der Waals surface area contributed by atoms with Crippen LogP contribution < -0.4 is 4.72 Å². The number of nitrogens with zero attached hydrogens (tertiary/aromatic N) is 1. The molecule has 0 amide bonds. The van der Waals surface area contributed by atoms with E-state index in [4.69, 9.17) is 6.42 Å². The first-order chi connectivity index (χ1) is 10.0. The third-order valence-corrected chi connectivity index (χ3v) is 4.55. The molecule has 1 aliphatic carbocycles. The molecule has 1 aromatic rings. The molecule has 114 valence electrons. The van der Waals surface area contributed by atoms with Crippen LogP contribution in [-0.2, 0) is 16.4 Å². The summed E-state index contributed by atoms with van der Waals surface area (Å²) in [6.07, 6.45) is 9.60. The lowest BCUT2D eigenvalue weighted by molar-refractivity contribution is 0.220. The number of fused-ring (bicyclic) bond motifs is 1. The van der Waals surface area contributed by atoms with E-state index in [1.54, 1.807) is 0 Å². The highest BCUT2D eigenvalue weighted by molar-refractivity contribution is 7.88. The van der Waals surface area contributed by atoms with Crippen LogP contribution in [0.15, 0.2) is 24.3 Å². The number of hydrogen-bond acceptors (Lipinski definition) is 3. The van der Waals surface area contributed by atoms with Crippen molar-refractivity contribution in [3.63, 3.8) is 0 Å². The van der Waals surface area contributed by atoms with E-state index in [0.717, 1.165) is 25.8 Å². The van der Waals surface area contributed by atoms with Gasteiger partial charge in [0.2, 0.25) is 10.0 Å². The molecule has 0 saturated heterocycles. The SMILES string of the molecule is C#CCN(CCCNS(C)(=O)=O)[C@@H]1CCc2ccccc21. The lowest BCUT2D eigenvalue weighted by atomic mass is 10.1. The quantitative estimate of drug-likeness (QED) is 0.614.